The Hall–Kier alpha value is -2.51. The molecule has 0 saturated carbocycles. The van der Waals surface area contributed by atoms with Crippen molar-refractivity contribution in [1.82, 2.24) is 20.1 Å². The molecule has 1 aliphatic heterocycles. The maximum Gasteiger partial charge on any atom is 0.408 e. The van der Waals surface area contributed by atoms with Crippen molar-refractivity contribution >= 4 is 6.09 Å². The minimum Gasteiger partial charge on any atom is -0.444 e. The number of benzene rings is 1. The Labute approximate surface area is 118 Å². The highest BCUT2D eigenvalue weighted by Gasteiger charge is 2.49. The third kappa shape index (κ3) is 2.22. The molecule has 1 aromatic carbocycles. The number of nitrogens with one attached hydrogen (secondary N) is 1. The number of cyclic esters (lactones) is 1. The van der Waals surface area contributed by atoms with Gasteiger partial charge in [-0.3, -0.25) is 4.68 Å². The van der Waals surface area contributed by atoms with Crippen molar-refractivity contribution in [3.05, 3.63) is 48.1 Å². The summed E-state index contributed by atoms with van der Waals surface area (Å²) in [5.41, 5.74) is -1.04. The van der Waals surface area contributed by atoms with E-state index in [4.69, 9.17) is 4.74 Å². The van der Waals surface area contributed by atoms with E-state index in [1.54, 1.807) is 6.92 Å². The van der Waals surface area contributed by atoms with Crippen molar-refractivity contribution in [2.45, 2.75) is 25.1 Å². The molecule has 1 saturated heterocycles. The van der Waals surface area contributed by atoms with Crippen molar-refractivity contribution in [1.29, 1.82) is 0 Å². The Morgan fingerprint density at radius 2 is 2.29 bits per heavy atom. The van der Waals surface area contributed by atoms with E-state index in [0.29, 0.717) is 0 Å². The summed E-state index contributed by atoms with van der Waals surface area (Å²) < 4.78 is 33.9. The van der Waals surface area contributed by atoms with Crippen molar-refractivity contribution in [3.8, 4) is 0 Å². The molecular weight excluding hydrogens is 282 g/mol. The van der Waals surface area contributed by atoms with Gasteiger partial charge >= 0.3 is 6.09 Å². The molecule has 2 heterocycles. The number of hydrogen-bond acceptors (Lipinski definition) is 4. The van der Waals surface area contributed by atoms with Gasteiger partial charge in [-0.2, -0.15) is 5.10 Å². The number of carbonyl (C=O) groups excluding carboxylic acids is 1. The topological polar surface area (TPSA) is 69.0 Å². The molecule has 2 atom stereocenters. The van der Waals surface area contributed by atoms with Gasteiger partial charge in [0, 0.05) is 11.6 Å². The summed E-state index contributed by atoms with van der Waals surface area (Å²) in [5, 5.41) is 6.58. The number of alkyl carbamates (subject to hydrolysis) is 1. The molecule has 1 fully saturated rings. The van der Waals surface area contributed by atoms with Crippen LogP contribution in [0, 0.1) is 11.6 Å². The van der Waals surface area contributed by atoms with Gasteiger partial charge in [-0.1, -0.05) is 6.07 Å². The van der Waals surface area contributed by atoms with Gasteiger partial charge < -0.3 is 10.1 Å². The molecule has 8 heteroatoms. The predicted molar refractivity (Wildman–Crippen MR) is 67.1 cm³/mol. The molecular formula is C13H12F2N4O2. The van der Waals surface area contributed by atoms with E-state index in [9.17, 15) is 13.6 Å². The zero-order valence-corrected chi connectivity index (χ0v) is 11.1. The largest absolute Gasteiger partial charge is 0.444 e. The number of hydrogen-bond donors (Lipinski definition) is 1. The first-order valence-electron chi connectivity index (χ1n) is 6.28. The van der Waals surface area contributed by atoms with Crippen molar-refractivity contribution in [2.24, 2.45) is 0 Å². The van der Waals surface area contributed by atoms with Crippen LogP contribution in [0.5, 0.6) is 0 Å². The van der Waals surface area contributed by atoms with E-state index in [1.807, 2.05) is 0 Å². The van der Waals surface area contributed by atoms with Crippen molar-refractivity contribution in [3.63, 3.8) is 0 Å². The highest BCUT2D eigenvalue weighted by Crippen LogP contribution is 2.35. The van der Waals surface area contributed by atoms with Crippen LogP contribution in [-0.2, 0) is 16.8 Å². The van der Waals surface area contributed by atoms with Crippen LogP contribution in [-0.4, -0.2) is 27.0 Å². The van der Waals surface area contributed by atoms with Gasteiger partial charge in [0.05, 0.1) is 6.54 Å². The molecule has 21 heavy (non-hydrogen) atoms. The van der Waals surface area contributed by atoms with E-state index in [2.05, 4.69) is 15.4 Å². The van der Waals surface area contributed by atoms with Gasteiger partial charge in [0.15, 0.2) is 0 Å². The van der Waals surface area contributed by atoms with Crippen LogP contribution in [0.2, 0.25) is 0 Å². The van der Waals surface area contributed by atoms with Crippen molar-refractivity contribution < 1.29 is 18.3 Å². The predicted octanol–water partition coefficient (Wildman–Crippen LogP) is 1.58. The summed E-state index contributed by atoms with van der Waals surface area (Å²) in [4.78, 5) is 15.4. The number of carbonyl (C=O) groups is 1. The number of halogens is 2. The minimum atomic E-state index is -1.18. The second kappa shape index (κ2) is 4.80. The van der Waals surface area contributed by atoms with Gasteiger partial charge in [-0.15, -0.1) is 0 Å². The number of rotatable bonds is 3. The lowest BCUT2D eigenvalue weighted by atomic mass is 9.85. The molecule has 1 amide bonds. The van der Waals surface area contributed by atoms with E-state index < -0.39 is 29.4 Å². The summed E-state index contributed by atoms with van der Waals surface area (Å²) in [5.74, 6) is -1.45. The van der Waals surface area contributed by atoms with E-state index in [0.717, 1.165) is 12.1 Å². The second-order valence-electron chi connectivity index (χ2n) is 4.86. The zero-order valence-electron chi connectivity index (χ0n) is 11.1. The van der Waals surface area contributed by atoms with Crippen LogP contribution in [0.3, 0.4) is 0 Å². The Balaban J connectivity index is 2.10. The Kier molecular flexibility index (Phi) is 3.08. The number of nitrogens with zero attached hydrogens (tertiary/aromatic N) is 3. The van der Waals surface area contributed by atoms with E-state index in [1.165, 1.54) is 23.4 Å². The van der Waals surface area contributed by atoms with Gasteiger partial charge in [-0.25, -0.2) is 18.6 Å². The van der Waals surface area contributed by atoms with Gasteiger partial charge in [0.2, 0.25) is 0 Å². The molecule has 110 valence electrons. The summed E-state index contributed by atoms with van der Waals surface area (Å²) >= 11 is 0. The summed E-state index contributed by atoms with van der Waals surface area (Å²) in [7, 11) is 0. The minimum absolute atomic E-state index is 0.114. The monoisotopic (exact) mass is 294 g/mol. The molecule has 6 nitrogen and oxygen atoms in total. The third-order valence-corrected chi connectivity index (χ3v) is 3.59. The highest BCUT2D eigenvalue weighted by molar-refractivity contribution is 5.72. The normalized spacial score (nSPS) is 24.7. The van der Waals surface area contributed by atoms with Gasteiger partial charge in [0.25, 0.3) is 0 Å². The van der Waals surface area contributed by atoms with Crippen LogP contribution in [0.4, 0.5) is 13.6 Å². The maximum atomic E-state index is 14.2. The molecule has 1 aliphatic rings. The summed E-state index contributed by atoms with van der Waals surface area (Å²) in [6, 6.07) is 3.21. The second-order valence-corrected chi connectivity index (χ2v) is 4.86. The van der Waals surface area contributed by atoms with Crippen LogP contribution in [0.1, 0.15) is 12.5 Å². The standard InChI is InChI=1S/C13H12F2N4O2/c1-8-13(18-12(20)21-8,5-19-7-16-6-17-19)10-3-2-9(14)4-11(10)15/h2-4,6-8H,5H2,1H3,(H,18,20)/t8-,13-/m0/s1. The molecule has 0 bridgehead atoms. The molecule has 1 N–H and O–H groups in total. The Bertz CT molecular complexity index is 677. The fraction of sp³-hybridized carbons (Fsp3) is 0.308. The van der Waals surface area contributed by atoms with Gasteiger partial charge in [-0.05, 0) is 13.0 Å². The fourth-order valence-electron chi connectivity index (χ4n) is 2.54. The SMILES string of the molecule is C[C@@H]1OC(=O)N[C@]1(Cn1cncn1)c1ccc(F)cc1F. The van der Waals surface area contributed by atoms with Crippen molar-refractivity contribution in [2.75, 3.05) is 0 Å². The highest BCUT2D eigenvalue weighted by atomic mass is 19.1. The first-order chi connectivity index (χ1) is 10.0. The summed E-state index contributed by atoms with van der Waals surface area (Å²) in [6.07, 6.45) is 1.46. The van der Waals surface area contributed by atoms with Crippen LogP contribution in [0.15, 0.2) is 30.9 Å². The van der Waals surface area contributed by atoms with Crippen LogP contribution < -0.4 is 5.32 Å². The van der Waals surface area contributed by atoms with Gasteiger partial charge in [0.1, 0.15) is 35.9 Å². The average Bonchev–Trinajstić information content (AvgIpc) is 2.99. The zero-order chi connectivity index (χ0) is 15.0. The van der Waals surface area contributed by atoms with Crippen LogP contribution in [0.25, 0.3) is 0 Å². The molecule has 0 spiro atoms. The van der Waals surface area contributed by atoms with Crippen LogP contribution >= 0.6 is 0 Å². The molecule has 0 aliphatic carbocycles. The molecule has 0 radical (unpaired) electrons. The first kappa shape index (κ1) is 13.5. The summed E-state index contributed by atoms with van der Waals surface area (Å²) in [6.45, 7) is 1.75. The lowest BCUT2D eigenvalue weighted by molar-refractivity contribution is 0.109. The Morgan fingerprint density at radius 1 is 1.48 bits per heavy atom. The fourth-order valence-corrected chi connectivity index (χ4v) is 2.54. The van der Waals surface area contributed by atoms with E-state index in [-0.39, 0.29) is 12.1 Å². The molecule has 1 aromatic heterocycles. The number of amides is 1. The quantitative estimate of drug-likeness (QED) is 0.933. The molecule has 3 rings (SSSR count). The number of ether oxygens (including phenoxy) is 1. The lowest BCUT2D eigenvalue weighted by Gasteiger charge is -2.31. The third-order valence-electron chi connectivity index (χ3n) is 3.59. The first-order valence-corrected chi connectivity index (χ1v) is 6.28. The molecule has 2 aromatic rings. The smallest absolute Gasteiger partial charge is 0.408 e. The Morgan fingerprint density at radius 3 is 2.86 bits per heavy atom. The lowest BCUT2D eigenvalue weighted by Crippen LogP contribution is -2.48. The molecule has 0 unspecified atom stereocenters. The van der Waals surface area contributed by atoms with E-state index >= 15 is 0 Å². The maximum absolute atomic E-state index is 14.2. The average molecular weight is 294 g/mol. The number of aromatic nitrogens is 3.